The second kappa shape index (κ2) is 4.19. The minimum absolute atomic E-state index is 0.174. The summed E-state index contributed by atoms with van der Waals surface area (Å²) < 4.78 is 16.4. The smallest absolute Gasteiger partial charge is 0.178 e. The molecule has 3 rings (SSSR count). The van der Waals surface area contributed by atoms with Crippen LogP contribution in [0.1, 0.15) is 37.8 Å². The predicted molar refractivity (Wildman–Crippen MR) is 73.9 cm³/mol. The molecule has 2 unspecified atom stereocenters. The Labute approximate surface area is 111 Å². The zero-order valence-electron chi connectivity index (χ0n) is 10.7. The highest BCUT2D eigenvalue weighted by Gasteiger charge is 2.38. The van der Waals surface area contributed by atoms with Crippen LogP contribution in [0.5, 0.6) is 0 Å². The number of H-pyrrole nitrogens is 1. The van der Waals surface area contributed by atoms with E-state index in [1.165, 1.54) is 19.3 Å². The molecule has 1 heterocycles. The van der Waals surface area contributed by atoms with Crippen LogP contribution in [0.3, 0.4) is 0 Å². The number of nitrogens with one attached hydrogen (secondary N) is 1. The quantitative estimate of drug-likeness (QED) is 0.809. The summed E-state index contributed by atoms with van der Waals surface area (Å²) in [5, 5.41) is 0. The number of halogens is 1. The van der Waals surface area contributed by atoms with Crippen molar-refractivity contribution in [1.29, 1.82) is 0 Å². The highest BCUT2D eigenvalue weighted by molar-refractivity contribution is 7.71. The van der Waals surface area contributed by atoms with Gasteiger partial charge in [-0.25, -0.2) is 4.39 Å². The van der Waals surface area contributed by atoms with E-state index in [4.69, 9.17) is 12.2 Å². The van der Waals surface area contributed by atoms with Gasteiger partial charge in [0, 0.05) is 6.04 Å². The normalized spacial score (nSPS) is 22.6. The summed E-state index contributed by atoms with van der Waals surface area (Å²) in [6.45, 7) is 4.01. The van der Waals surface area contributed by atoms with E-state index in [9.17, 15) is 4.39 Å². The van der Waals surface area contributed by atoms with E-state index in [1.807, 2.05) is 6.07 Å². The van der Waals surface area contributed by atoms with E-state index in [2.05, 4.69) is 16.5 Å². The van der Waals surface area contributed by atoms with E-state index in [-0.39, 0.29) is 5.82 Å². The van der Waals surface area contributed by atoms with E-state index >= 15 is 0 Å². The lowest BCUT2D eigenvalue weighted by Gasteiger charge is -2.04. The van der Waals surface area contributed by atoms with Crippen LogP contribution < -0.4 is 0 Å². The molecule has 1 fully saturated rings. The Morgan fingerprint density at radius 1 is 1.50 bits per heavy atom. The van der Waals surface area contributed by atoms with Crippen molar-refractivity contribution in [2.45, 2.75) is 39.2 Å². The summed E-state index contributed by atoms with van der Waals surface area (Å²) in [7, 11) is 0. The molecule has 1 N–H and O–H groups in total. The Morgan fingerprint density at radius 2 is 2.28 bits per heavy atom. The van der Waals surface area contributed by atoms with Crippen molar-refractivity contribution >= 4 is 23.3 Å². The van der Waals surface area contributed by atoms with Crippen LogP contribution in [0.25, 0.3) is 11.0 Å². The van der Waals surface area contributed by atoms with Gasteiger partial charge in [-0.3, -0.25) is 0 Å². The van der Waals surface area contributed by atoms with Gasteiger partial charge in [-0.1, -0.05) is 13.3 Å². The first-order valence-corrected chi connectivity index (χ1v) is 6.93. The van der Waals surface area contributed by atoms with Gasteiger partial charge in [0.25, 0.3) is 0 Å². The Bertz CT molecular complexity index is 656. The average molecular weight is 264 g/mol. The molecular weight excluding hydrogens is 247 g/mol. The Hall–Kier alpha value is -1.16. The number of aromatic amines is 1. The molecule has 0 aliphatic heterocycles. The molecule has 0 bridgehead atoms. The third kappa shape index (κ3) is 1.79. The number of nitrogens with zero attached hydrogens (tertiary/aromatic N) is 1. The number of aryl methyl sites for hydroxylation is 1. The maximum Gasteiger partial charge on any atom is 0.178 e. The number of aromatic nitrogens is 2. The number of rotatable bonds is 3. The highest BCUT2D eigenvalue weighted by atomic mass is 32.1. The number of fused-ring (bicyclic) bond motifs is 1. The van der Waals surface area contributed by atoms with Crippen molar-refractivity contribution in [3.63, 3.8) is 0 Å². The summed E-state index contributed by atoms with van der Waals surface area (Å²) in [6.07, 6.45) is 3.66. The minimum Gasteiger partial charge on any atom is -0.330 e. The lowest BCUT2D eigenvalue weighted by molar-refractivity contribution is 0.611. The van der Waals surface area contributed by atoms with Crippen molar-refractivity contribution in [1.82, 2.24) is 9.55 Å². The summed E-state index contributed by atoms with van der Waals surface area (Å²) in [4.78, 5) is 3.12. The molecule has 1 aliphatic rings. The molecule has 1 aromatic heterocycles. The van der Waals surface area contributed by atoms with E-state index in [0.29, 0.717) is 11.6 Å². The van der Waals surface area contributed by atoms with E-state index in [1.54, 1.807) is 13.0 Å². The fraction of sp³-hybridized carbons (Fsp3) is 0.500. The molecule has 0 saturated heterocycles. The molecule has 0 spiro atoms. The molecular formula is C14H17FN2S. The molecule has 96 valence electrons. The average Bonchev–Trinajstić information content (AvgIpc) is 2.98. The third-order valence-corrected chi connectivity index (χ3v) is 4.17. The minimum atomic E-state index is -0.174. The van der Waals surface area contributed by atoms with Crippen LogP contribution in [0.15, 0.2) is 12.1 Å². The van der Waals surface area contributed by atoms with Gasteiger partial charge < -0.3 is 9.55 Å². The summed E-state index contributed by atoms with van der Waals surface area (Å²) in [5.74, 6) is 0.567. The van der Waals surface area contributed by atoms with Gasteiger partial charge >= 0.3 is 0 Å². The van der Waals surface area contributed by atoms with Gasteiger partial charge in [0.1, 0.15) is 5.82 Å². The molecule has 2 atom stereocenters. The molecule has 1 aromatic carbocycles. The zero-order valence-corrected chi connectivity index (χ0v) is 11.5. The number of imidazole rings is 1. The molecule has 2 nitrogen and oxygen atoms in total. The molecule has 0 amide bonds. The van der Waals surface area contributed by atoms with Crippen LogP contribution in [0.4, 0.5) is 4.39 Å². The molecule has 2 aromatic rings. The van der Waals surface area contributed by atoms with Crippen molar-refractivity contribution < 1.29 is 4.39 Å². The van der Waals surface area contributed by atoms with Crippen LogP contribution >= 0.6 is 12.2 Å². The van der Waals surface area contributed by atoms with Crippen molar-refractivity contribution in [3.8, 4) is 0 Å². The topological polar surface area (TPSA) is 20.7 Å². The van der Waals surface area contributed by atoms with Gasteiger partial charge in [0.05, 0.1) is 11.0 Å². The lowest BCUT2D eigenvalue weighted by Crippen LogP contribution is -1.97. The first-order valence-electron chi connectivity index (χ1n) is 6.52. The van der Waals surface area contributed by atoms with Crippen molar-refractivity contribution in [3.05, 3.63) is 28.3 Å². The third-order valence-electron chi connectivity index (χ3n) is 3.87. The first-order chi connectivity index (χ1) is 8.61. The zero-order chi connectivity index (χ0) is 12.9. The fourth-order valence-corrected chi connectivity index (χ4v) is 3.15. The van der Waals surface area contributed by atoms with Crippen LogP contribution in [0, 0.1) is 23.4 Å². The number of benzene rings is 1. The molecule has 0 radical (unpaired) electrons. The summed E-state index contributed by atoms with van der Waals surface area (Å²) >= 11 is 5.38. The summed E-state index contributed by atoms with van der Waals surface area (Å²) in [5.41, 5.74) is 2.53. The largest absolute Gasteiger partial charge is 0.330 e. The van der Waals surface area contributed by atoms with Gasteiger partial charge in [-0.15, -0.1) is 0 Å². The molecule has 4 heteroatoms. The van der Waals surface area contributed by atoms with Gasteiger partial charge in [-0.05, 0) is 55.6 Å². The Kier molecular flexibility index (Phi) is 2.77. The maximum atomic E-state index is 13.5. The lowest BCUT2D eigenvalue weighted by atomic mass is 10.2. The summed E-state index contributed by atoms with van der Waals surface area (Å²) in [6, 6.07) is 3.96. The maximum absolute atomic E-state index is 13.5. The van der Waals surface area contributed by atoms with Crippen LogP contribution in [0.2, 0.25) is 0 Å². The van der Waals surface area contributed by atoms with Crippen LogP contribution in [-0.4, -0.2) is 9.55 Å². The Balaban J connectivity index is 2.10. The highest BCUT2D eigenvalue weighted by Crippen LogP contribution is 2.47. The second-order valence-electron chi connectivity index (χ2n) is 5.27. The van der Waals surface area contributed by atoms with E-state index < -0.39 is 0 Å². The van der Waals surface area contributed by atoms with Crippen molar-refractivity contribution in [2.75, 3.05) is 0 Å². The van der Waals surface area contributed by atoms with Crippen LogP contribution in [-0.2, 0) is 0 Å². The fourth-order valence-electron chi connectivity index (χ4n) is 2.81. The monoisotopic (exact) mass is 264 g/mol. The van der Waals surface area contributed by atoms with Crippen molar-refractivity contribution in [2.24, 2.45) is 5.92 Å². The SMILES string of the molecule is CCCC1CC1n1c(=S)[nH]c2cc(F)c(C)cc21. The van der Waals surface area contributed by atoms with Gasteiger partial charge in [-0.2, -0.15) is 0 Å². The van der Waals surface area contributed by atoms with Gasteiger partial charge in [0.15, 0.2) is 4.77 Å². The molecule has 1 aliphatic carbocycles. The standard InChI is InChI=1S/C14H17FN2S/c1-3-4-9-6-12(9)17-13-5-8(2)10(15)7-11(13)16-14(17)18/h5,7,9,12H,3-4,6H2,1-2H3,(H,16,18). The number of hydrogen-bond acceptors (Lipinski definition) is 1. The molecule has 18 heavy (non-hydrogen) atoms. The second-order valence-corrected chi connectivity index (χ2v) is 5.66. The van der Waals surface area contributed by atoms with Gasteiger partial charge in [0.2, 0.25) is 0 Å². The van der Waals surface area contributed by atoms with E-state index in [0.717, 1.165) is 21.7 Å². The number of hydrogen-bond donors (Lipinski definition) is 1. The first kappa shape index (κ1) is 11.9. The Morgan fingerprint density at radius 3 is 3.00 bits per heavy atom. The molecule has 1 saturated carbocycles. The predicted octanol–water partition coefficient (Wildman–Crippen LogP) is 4.51.